The van der Waals surface area contributed by atoms with Crippen LogP contribution in [-0.2, 0) is 14.4 Å². The molecule has 2 aromatic carbocycles. The quantitative estimate of drug-likeness (QED) is 0.438. The van der Waals surface area contributed by atoms with Gasteiger partial charge in [0.25, 0.3) is 0 Å². The van der Waals surface area contributed by atoms with E-state index < -0.39 is 24.4 Å². The monoisotopic (exact) mass is 368 g/mol. The summed E-state index contributed by atoms with van der Waals surface area (Å²) in [4.78, 5) is 34.1. The average Bonchev–Trinajstić information content (AvgIpc) is 2.64. The smallest absolute Gasteiger partial charge is 0.329 e. The van der Waals surface area contributed by atoms with Gasteiger partial charge in [0.2, 0.25) is 0 Å². The van der Waals surface area contributed by atoms with Crippen LogP contribution in [0.5, 0.6) is 5.75 Å². The molecule has 140 valence electrons. The maximum Gasteiger partial charge on any atom is 0.329 e. The molecule has 0 aliphatic heterocycles. The lowest BCUT2D eigenvalue weighted by Crippen LogP contribution is -2.32. The number of benzene rings is 2. The van der Waals surface area contributed by atoms with Crippen LogP contribution >= 0.6 is 0 Å². The zero-order valence-electron chi connectivity index (χ0n) is 14.8. The summed E-state index contributed by atoms with van der Waals surface area (Å²) in [6, 6.07) is 11.8. The minimum Gasteiger partial charge on any atom is -0.546 e. The first-order valence-electron chi connectivity index (χ1n) is 8.00. The predicted octanol–water partition coefficient (Wildman–Crippen LogP) is 0.521. The molecule has 0 aromatic heterocycles. The number of carbonyl (C=O) groups excluding carboxylic acids is 3. The molecule has 27 heavy (non-hydrogen) atoms. The van der Waals surface area contributed by atoms with E-state index in [0.29, 0.717) is 17.0 Å². The lowest BCUT2D eigenvalue weighted by atomic mass is 10.1. The molecule has 2 rings (SSSR count). The van der Waals surface area contributed by atoms with Crippen LogP contribution in [0.2, 0.25) is 0 Å². The number of carbonyl (C=O) groups is 3. The van der Waals surface area contributed by atoms with E-state index in [2.05, 4.69) is 15.8 Å². The summed E-state index contributed by atoms with van der Waals surface area (Å²) in [5.41, 5.74) is 5.05. The van der Waals surface area contributed by atoms with Crippen LogP contribution in [-0.4, -0.2) is 30.6 Å². The van der Waals surface area contributed by atoms with Gasteiger partial charge in [-0.2, -0.15) is 5.10 Å². The molecule has 2 N–H and O–H groups in total. The Morgan fingerprint density at radius 3 is 2.26 bits per heavy atom. The van der Waals surface area contributed by atoms with Crippen molar-refractivity contribution in [1.29, 1.82) is 0 Å². The Bertz CT molecular complexity index is 855. The SMILES string of the molecule is Cc1cccc(C)c1NC(=O)C(=O)N/N=C\c1ccc(OCC(=O)[O-])cc1. The molecule has 0 fully saturated rings. The fourth-order valence-corrected chi connectivity index (χ4v) is 2.19. The molecular weight excluding hydrogens is 350 g/mol. The lowest BCUT2D eigenvalue weighted by molar-refractivity contribution is -0.307. The van der Waals surface area contributed by atoms with E-state index >= 15 is 0 Å². The minimum atomic E-state index is -1.32. The Balaban J connectivity index is 1.88. The second-order valence-corrected chi connectivity index (χ2v) is 5.65. The number of amides is 2. The van der Waals surface area contributed by atoms with Gasteiger partial charge in [0.1, 0.15) is 12.4 Å². The number of anilines is 1. The number of hydrogen-bond acceptors (Lipinski definition) is 6. The Kier molecular flexibility index (Phi) is 6.65. The molecule has 0 heterocycles. The molecular formula is C19H18N3O5-. The van der Waals surface area contributed by atoms with Crippen LogP contribution in [0.4, 0.5) is 5.69 Å². The topological polar surface area (TPSA) is 120 Å². The molecule has 0 aliphatic rings. The number of rotatable bonds is 6. The third-order valence-electron chi connectivity index (χ3n) is 3.54. The van der Waals surface area contributed by atoms with Crippen molar-refractivity contribution in [3.8, 4) is 5.75 Å². The van der Waals surface area contributed by atoms with Crippen molar-refractivity contribution in [2.24, 2.45) is 5.10 Å². The number of aliphatic carboxylic acids is 1. The first-order valence-corrected chi connectivity index (χ1v) is 8.00. The van der Waals surface area contributed by atoms with Crippen LogP contribution in [0.3, 0.4) is 0 Å². The third kappa shape index (κ3) is 5.96. The van der Waals surface area contributed by atoms with Gasteiger partial charge in [-0.05, 0) is 54.8 Å². The second-order valence-electron chi connectivity index (χ2n) is 5.65. The Labute approximate surface area is 155 Å². The number of nitrogens with one attached hydrogen (secondary N) is 2. The average molecular weight is 368 g/mol. The van der Waals surface area contributed by atoms with Gasteiger partial charge >= 0.3 is 11.8 Å². The molecule has 2 aromatic rings. The van der Waals surface area contributed by atoms with Crippen LogP contribution in [0.1, 0.15) is 16.7 Å². The van der Waals surface area contributed by atoms with Crippen molar-refractivity contribution in [2.45, 2.75) is 13.8 Å². The highest BCUT2D eigenvalue weighted by Crippen LogP contribution is 2.19. The molecule has 0 bridgehead atoms. The third-order valence-corrected chi connectivity index (χ3v) is 3.54. The van der Waals surface area contributed by atoms with Gasteiger partial charge in [0.15, 0.2) is 0 Å². The summed E-state index contributed by atoms with van der Waals surface area (Å²) in [5, 5.41) is 16.6. The molecule has 0 atom stereocenters. The fraction of sp³-hybridized carbons (Fsp3) is 0.158. The molecule has 0 radical (unpaired) electrons. The van der Waals surface area contributed by atoms with Crippen LogP contribution < -0.4 is 20.6 Å². The van der Waals surface area contributed by atoms with Gasteiger partial charge in [-0.1, -0.05) is 18.2 Å². The Morgan fingerprint density at radius 2 is 1.67 bits per heavy atom. The summed E-state index contributed by atoms with van der Waals surface area (Å²) in [5.74, 6) is -2.69. The molecule has 8 heteroatoms. The summed E-state index contributed by atoms with van der Waals surface area (Å²) in [6.07, 6.45) is 1.34. The highest BCUT2D eigenvalue weighted by atomic mass is 16.5. The van der Waals surface area contributed by atoms with Crippen LogP contribution in [0.15, 0.2) is 47.6 Å². The van der Waals surface area contributed by atoms with Crippen molar-refractivity contribution in [3.05, 3.63) is 59.2 Å². The number of nitrogens with zero attached hydrogens (tertiary/aromatic N) is 1. The summed E-state index contributed by atoms with van der Waals surface area (Å²) < 4.78 is 4.94. The van der Waals surface area contributed by atoms with E-state index in [1.54, 1.807) is 24.3 Å². The van der Waals surface area contributed by atoms with E-state index in [1.807, 2.05) is 32.0 Å². The van der Waals surface area contributed by atoms with Gasteiger partial charge < -0.3 is 20.0 Å². The number of carboxylic acid groups (broad SMARTS) is 1. The summed E-state index contributed by atoms with van der Waals surface area (Å²) in [7, 11) is 0. The van der Waals surface area contributed by atoms with Crippen LogP contribution in [0.25, 0.3) is 0 Å². The minimum absolute atomic E-state index is 0.355. The zero-order chi connectivity index (χ0) is 19.8. The number of hydrogen-bond donors (Lipinski definition) is 2. The lowest BCUT2D eigenvalue weighted by Gasteiger charge is -2.10. The van der Waals surface area contributed by atoms with E-state index in [9.17, 15) is 19.5 Å². The van der Waals surface area contributed by atoms with Crippen LogP contribution in [0, 0.1) is 13.8 Å². The largest absolute Gasteiger partial charge is 0.546 e. The number of hydrazone groups is 1. The highest BCUT2D eigenvalue weighted by molar-refractivity contribution is 6.39. The van der Waals surface area contributed by atoms with E-state index in [0.717, 1.165) is 11.1 Å². The number of aryl methyl sites for hydroxylation is 2. The molecule has 0 saturated carbocycles. The normalized spacial score (nSPS) is 10.4. The number of carboxylic acids is 1. The van der Waals surface area contributed by atoms with Gasteiger partial charge in [-0.15, -0.1) is 0 Å². The number of para-hydroxylation sites is 1. The second kappa shape index (κ2) is 9.14. The van der Waals surface area contributed by atoms with Gasteiger partial charge in [0, 0.05) is 5.69 Å². The molecule has 0 spiro atoms. The molecule has 2 amide bonds. The van der Waals surface area contributed by atoms with E-state index in [-0.39, 0.29) is 0 Å². The molecule has 0 aliphatic carbocycles. The fourth-order valence-electron chi connectivity index (χ4n) is 2.19. The molecule has 0 saturated heterocycles. The van der Waals surface area contributed by atoms with Crippen molar-refractivity contribution in [2.75, 3.05) is 11.9 Å². The van der Waals surface area contributed by atoms with Crippen molar-refractivity contribution in [1.82, 2.24) is 5.43 Å². The van der Waals surface area contributed by atoms with E-state index in [4.69, 9.17) is 4.74 Å². The predicted molar refractivity (Wildman–Crippen MR) is 97.2 cm³/mol. The first-order chi connectivity index (χ1) is 12.9. The summed E-state index contributed by atoms with van der Waals surface area (Å²) >= 11 is 0. The van der Waals surface area contributed by atoms with E-state index in [1.165, 1.54) is 6.21 Å². The first kappa shape index (κ1) is 19.6. The van der Waals surface area contributed by atoms with Crippen molar-refractivity contribution >= 4 is 29.7 Å². The zero-order valence-corrected chi connectivity index (χ0v) is 14.8. The highest BCUT2D eigenvalue weighted by Gasteiger charge is 2.14. The Hall–Kier alpha value is -3.68. The maximum atomic E-state index is 12.0. The maximum absolute atomic E-state index is 12.0. The number of ether oxygens (including phenoxy) is 1. The van der Waals surface area contributed by atoms with Gasteiger partial charge in [-0.25, -0.2) is 5.43 Å². The molecule has 0 unspecified atom stereocenters. The Morgan fingerprint density at radius 1 is 1.04 bits per heavy atom. The van der Waals surface area contributed by atoms with Crippen molar-refractivity contribution in [3.63, 3.8) is 0 Å². The van der Waals surface area contributed by atoms with Gasteiger partial charge in [-0.3, -0.25) is 9.59 Å². The standard InChI is InChI=1S/C19H19N3O5/c1-12-4-3-5-13(2)17(12)21-18(25)19(26)22-20-10-14-6-8-15(9-7-14)27-11-16(23)24/h3-10H,11H2,1-2H3,(H,21,25)(H,22,26)(H,23,24)/p-1/b20-10-. The summed E-state index contributed by atoms with van der Waals surface area (Å²) in [6.45, 7) is 3.12. The van der Waals surface area contributed by atoms with Gasteiger partial charge in [0.05, 0.1) is 12.2 Å². The van der Waals surface area contributed by atoms with Crippen molar-refractivity contribution < 1.29 is 24.2 Å². The molecule has 8 nitrogen and oxygen atoms in total.